The molecule has 0 saturated heterocycles. The van der Waals surface area contributed by atoms with Gasteiger partial charge in [0.05, 0.1) is 0 Å². The van der Waals surface area contributed by atoms with Crippen LogP contribution in [0.25, 0.3) is 0 Å². The molecule has 3 aromatic carbocycles. The van der Waals surface area contributed by atoms with Gasteiger partial charge in [-0.2, -0.15) is 0 Å². The van der Waals surface area contributed by atoms with Crippen LogP contribution < -0.4 is 14.8 Å². The maximum absolute atomic E-state index is 6.03. The molecule has 0 saturated carbocycles. The van der Waals surface area contributed by atoms with E-state index in [2.05, 4.69) is 5.32 Å². The molecule has 26 heavy (non-hydrogen) atoms. The van der Waals surface area contributed by atoms with E-state index in [9.17, 15) is 0 Å². The fourth-order valence-corrected chi connectivity index (χ4v) is 3.02. The highest BCUT2D eigenvalue weighted by Gasteiger charge is 2.01. The van der Waals surface area contributed by atoms with Crippen molar-refractivity contribution in [3.63, 3.8) is 0 Å². The van der Waals surface area contributed by atoms with Gasteiger partial charge in [0.2, 0.25) is 0 Å². The van der Waals surface area contributed by atoms with E-state index in [1.165, 1.54) is 0 Å². The van der Waals surface area contributed by atoms with E-state index in [4.69, 9.17) is 32.7 Å². The van der Waals surface area contributed by atoms with Gasteiger partial charge < -0.3 is 14.8 Å². The third-order valence-corrected chi connectivity index (χ3v) is 4.05. The second-order valence-electron chi connectivity index (χ2n) is 5.67. The standard InChI is InChI=1S/C21H19Cl2NO2/c22-17-11-16(12-18(23)13-17)15-24-19-5-4-8-21(14-19)26-10-9-25-20-6-2-1-3-7-20/h1-8,11-14,24H,9-10,15H2. The summed E-state index contributed by atoms with van der Waals surface area (Å²) in [7, 11) is 0. The van der Waals surface area contributed by atoms with Crippen LogP contribution in [0.5, 0.6) is 11.5 Å². The van der Waals surface area contributed by atoms with Crippen LogP contribution in [-0.4, -0.2) is 13.2 Å². The third kappa shape index (κ3) is 5.87. The average molecular weight is 388 g/mol. The first kappa shape index (κ1) is 18.4. The van der Waals surface area contributed by atoms with E-state index in [0.717, 1.165) is 22.7 Å². The molecule has 0 bridgehead atoms. The van der Waals surface area contributed by atoms with Crippen LogP contribution in [0.4, 0.5) is 5.69 Å². The van der Waals surface area contributed by atoms with Crippen LogP contribution in [-0.2, 0) is 6.54 Å². The predicted octanol–water partition coefficient (Wildman–Crippen LogP) is 6.06. The topological polar surface area (TPSA) is 30.5 Å². The number of benzene rings is 3. The van der Waals surface area contributed by atoms with Gasteiger partial charge in [-0.15, -0.1) is 0 Å². The molecule has 3 aromatic rings. The molecular formula is C21H19Cl2NO2. The summed E-state index contributed by atoms with van der Waals surface area (Å²) in [4.78, 5) is 0. The van der Waals surface area contributed by atoms with Gasteiger partial charge in [0, 0.05) is 28.3 Å². The first-order valence-electron chi connectivity index (χ1n) is 8.28. The first-order chi connectivity index (χ1) is 12.7. The molecule has 0 amide bonds. The van der Waals surface area contributed by atoms with Gasteiger partial charge in [-0.05, 0) is 48.0 Å². The van der Waals surface area contributed by atoms with E-state index >= 15 is 0 Å². The van der Waals surface area contributed by atoms with Gasteiger partial charge in [-0.25, -0.2) is 0 Å². The number of para-hydroxylation sites is 1. The summed E-state index contributed by atoms with van der Waals surface area (Å²) in [5.41, 5.74) is 1.98. The molecule has 1 N–H and O–H groups in total. The normalized spacial score (nSPS) is 10.4. The Morgan fingerprint density at radius 1 is 0.692 bits per heavy atom. The van der Waals surface area contributed by atoms with E-state index in [1.807, 2.05) is 66.7 Å². The Balaban J connectivity index is 1.48. The number of anilines is 1. The zero-order valence-electron chi connectivity index (χ0n) is 14.1. The summed E-state index contributed by atoms with van der Waals surface area (Å²) in [6.07, 6.45) is 0. The molecule has 134 valence electrons. The number of hydrogen-bond donors (Lipinski definition) is 1. The van der Waals surface area contributed by atoms with Crippen LogP contribution in [0.1, 0.15) is 5.56 Å². The van der Waals surface area contributed by atoms with Crippen molar-refractivity contribution >= 4 is 28.9 Å². The van der Waals surface area contributed by atoms with Crippen LogP contribution in [0.15, 0.2) is 72.8 Å². The number of rotatable bonds is 8. The highest BCUT2D eigenvalue weighted by molar-refractivity contribution is 6.34. The van der Waals surface area contributed by atoms with Crippen LogP contribution in [0.2, 0.25) is 10.0 Å². The lowest BCUT2D eigenvalue weighted by Gasteiger charge is -2.11. The fourth-order valence-electron chi connectivity index (χ4n) is 2.45. The molecule has 0 aromatic heterocycles. The minimum atomic E-state index is 0.474. The summed E-state index contributed by atoms with van der Waals surface area (Å²) in [5.74, 6) is 1.63. The molecule has 0 aliphatic heterocycles. The summed E-state index contributed by atoms with van der Waals surface area (Å²) in [6, 6.07) is 23.0. The molecule has 3 nitrogen and oxygen atoms in total. The molecule has 0 unspecified atom stereocenters. The minimum Gasteiger partial charge on any atom is -0.490 e. The second-order valence-corrected chi connectivity index (χ2v) is 6.54. The Morgan fingerprint density at radius 2 is 1.35 bits per heavy atom. The average Bonchev–Trinajstić information content (AvgIpc) is 2.64. The summed E-state index contributed by atoms with van der Waals surface area (Å²) < 4.78 is 11.4. The Labute approximate surface area is 163 Å². The SMILES string of the molecule is Clc1cc(Cl)cc(CNc2cccc(OCCOc3ccccc3)c2)c1. The van der Waals surface area contributed by atoms with Gasteiger partial charge in [-0.1, -0.05) is 47.5 Å². The summed E-state index contributed by atoms with van der Waals surface area (Å²) in [6.45, 7) is 1.59. The lowest BCUT2D eigenvalue weighted by molar-refractivity contribution is 0.217. The van der Waals surface area contributed by atoms with Crippen molar-refractivity contribution in [1.82, 2.24) is 0 Å². The minimum absolute atomic E-state index is 0.474. The van der Waals surface area contributed by atoms with Crippen molar-refractivity contribution in [2.45, 2.75) is 6.54 Å². The maximum atomic E-state index is 6.03. The number of nitrogens with one attached hydrogen (secondary N) is 1. The summed E-state index contributed by atoms with van der Waals surface area (Å²) >= 11 is 12.1. The fraction of sp³-hybridized carbons (Fsp3) is 0.143. The van der Waals surface area contributed by atoms with Gasteiger partial charge in [0.15, 0.2) is 0 Å². The largest absolute Gasteiger partial charge is 0.490 e. The van der Waals surface area contributed by atoms with E-state index < -0.39 is 0 Å². The molecule has 0 aliphatic carbocycles. The van der Waals surface area contributed by atoms with Crippen molar-refractivity contribution < 1.29 is 9.47 Å². The summed E-state index contributed by atoms with van der Waals surface area (Å²) in [5, 5.41) is 4.60. The third-order valence-electron chi connectivity index (χ3n) is 3.62. The smallest absolute Gasteiger partial charge is 0.122 e. The van der Waals surface area contributed by atoms with Crippen LogP contribution >= 0.6 is 23.2 Å². The molecular weight excluding hydrogens is 369 g/mol. The van der Waals surface area contributed by atoms with E-state index in [-0.39, 0.29) is 0 Å². The zero-order chi connectivity index (χ0) is 18.2. The molecule has 5 heteroatoms. The van der Waals surface area contributed by atoms with E-state index in [1.54, 1.807) is 6.07 Å². The van der Waals surface area contributed by atoms with Crippen molar-refractivity contribution in [2.75, 3.05) is 18.5 Å². The van der Waals surface area contributed by atoms with Gasteiger partial charge >= 0.3 is 0 Å². The van der Waals surface area contributed by atoms with Crippen molar-refractivity contribution in [1.29, 1.82) is 0 Å². The van der Waals surface area contributed by atoms with Gasteiger partial charge in [0.1, 0.15) is 24.7 Å². The second kappa shape index (κ2) is 9.37. The Hall–Kier alpha value is -2.36. The molecule has 3 rings (SSSR count). The lowest BCUT2D eigenvalue weighted by Crippen LogP contribution is -2.09. The number of hydrogen-bond acceptors (Lipinski definition) is 3. The monoisotopic (exact) mass is 387 g/mol. The van der Waals surface area contributed by atoms with E-state index in [0.29, 0.717) is 29.8 Å². The first-order valence-corrected chi connectivity index (χ1v) is 9.04. The molecule has 0 spiro atoms. The Morgan fingerprint density at radius 3 is 2.08 bits per heavy atom. The molecule has 0 radical (unpaired) electrons. The molecule has 0 heterocycles. The highest BCUT2D eigenvalue weighted by atomic mass is 35.5. The van der Waals surface area contributed by atoms with Gasteiger partial charge in [0.25, 0.3) is 0 Å². The predicted molar refractivity (Wildman–Crippen MR) is 108 cm³/mol. The lowest BCUT2D eigenvalue weighted by atomic mass is 10.2. The highest BCUT2D eigenvalue weighted by Crippen LogP contribution is 2.21. The van der Waals surface area contributed by atoms with Crippen LogP contribution in [0, 0.1) is 0 Å². The van der Waals surface area contributed by atoms with Crippen molar-refractivity contribution in [2.24, 2.45) is 0 Å². The van der Waals surface area contributed by atoms with Crippen molar-refractivity contribution in [3.05, 3.63) is 88.4 Å². The molecule has 0 atom stereocenters. The van der Waals surface area contributed by atoms with Crippen molar-refractivity contribution in [3.8, 4) is 11.5 Å². The van der Waals surface area contributed by atoms with Gasteiger partial charge in [-0.3, -0.25) is 0 Å². The number of ether oxygens (including phenoxy) is 2. The Bertz CT molecular complexity index is 820. The maximum Gasteiger partial charge on any atom is 0.122 e. The van der Waals surface area contributed by atoms with Crippen LogP contribution in [0.3, 0.4) is 0 Å². The molecule has 0 aliphatic rings. The number of halogens is 2. The zero-order valence-corrected chi connectivity index (χ0v) is 15.6. The molecule has 0 fully saturated rings. The Kier molecular flexibility index (Phi) is 6.64. The quantitative estimate of drug-likeness (QED) is 0.476.